The summed E-state index contributed by atoms with van der Waals surface area (Å²) in [5.41, 5.74) is 0.409. The van der Waals surface area contributed by atoms with E-state index in [1.54, 1.807) is 35.8 Å². The maximum Gasteiger partial charge on any atom is 0.410 e. The number of ether oxygens (including phenoxy) is 4. The number of hydrogen-bond donors (Lipinski definition) is 0. The van der Waals surface area contributed by atoms with E-state index in [9.17, 15) is 9.59 Å². The molecule has 2 aliphatic heterocycles. The maximum absolute atomic E-state index is 14.1. The van der Waals surface area contributed by atoms with Crippen molar-refractivity contribution in [2.75, 3.05) is 20.2 Å². The van der Waals surface area contributed by atoms with Gasteiger partial charge in [-0.05, 0) is 70.9 Å². The number of fused-ring (bicyclic) bond motifs is 1. The number of carbonyl (C=O) groups excluding carboxylic acids is 2. The molecule has 2 aliphatic rings. The molecule has 1 fully saturated rings. The highest BCUT2D eigenvalue weighted by Gasteiger charge is 2.37. The Morgan fingerprint density at radius 2 is 1.90 bits per heavy atom. The van der Waals surface area contributed by atoms with Crippen molar-refractivity contribution in [2.24, 2.45) is 0 Å². The van der Waals surface area contributed by atoms with Crippen LogP contribution in [0.3, 0.4) is 0 Å². The molecule has 0 unspecified atom stereocenters. The molecule has 2 aromatic rings. The van der Waals surface area contributed by atoms with Crippen molar-refractivity contribution in [3.8, 4) is 17.2 Å². The summed E-state index contributed by atoms with van der Waals surface area (Å²) in [6, 6.07) is 5.06. The molecule has 0 aliphatic carbocycles. The van der Waals surface area contributed by atoms with E-state index in [1.165, 1.54) is 7.11 Å². The van der Waals surface area contributed by atoms with E-state index in [0.717, 1.165) is 23.4 Å². The summed E-state index contributed by atoms with van der Waals surface area (Å²) in [7, 11) is 1.53. The van der Waals surface area contributed by atoms with Gasteiger partial charge in [-0.25, -0.2) is 4.79 Å². The molecule has 1 aromatic heterocycles. The van der Waals surface area contributed by atoms with E-state index in [-0.39, 0.29) is 24.6 Å². The van der Waals surface area contributed by atoms with Crippen molar-refractivity contribution in [3.05, 3.63) is 40.0 Å². The summed E-state index contributed by atoms with van der Waals surface area (Å²) in [6.07, 6.45) is 5.07. The quantitative estimate of drug-likeness (QED) is 0.535. The molecule has 0 bridgehead atoms. The van der Waals surface area contributed by atoms with Crippen molar-refractivity contribution in [1.82, 2.24) is 20.0 Å². The molecular formula is C30H40N4O6. The van der Waals surface area contributed by atoms with Crippen LogP contribution in [-0.4, -0.2) is 69.6 Å². The van der Waals surface area contributed by atoms with Gasteiger partial charge in [-0.2, -0.15) is 10.2 Å². The largest absolute Gasteiger partial charge is 0.493 e. The fourth-order valence-corrected chi connectivity index (χ4v) is 4.99. The molecule has 1 saturated heterocycles. The number of benzene rings is 1. The zero-order chi connectivity index (χ0) is 29.2. The zero-order valence-electron chi connectivity index (χ0n) is 24.7. The summed E-state index contributed by atoms with van der Waals surface area (Å²) in [6.45, 7) is 14.1. The lowest BCUT2D eigenvalue weighted by molar-refractivity contribution is -0.0439. The number of methoxy groups -OCH3 is 1. The van der Waals surface area contributed by atoms with Crippen LogP contribution in [0.4, 0.5) is 4.79 Å². The Morgan fingerprint density at radius 1 is 1.15 bits per heavy atom. The SMILES string of the molecule is C/C=c1/cc(CN(C[C@@H]2CCCN2C(=O)OC(C)(C)C)C(=O)c2cc(OC)c3c(c2)OC(C)(C)O3)nn/c1=C/C. The first-order chi connectivity index (χ1) is 18.8. The van der Waals surface area contributed by atoms with Gasteiger partial charge >= 0.3 is 6.09 Å². The van der Waals surface area contributed by atoms with Gasteiger partial charge in [0.1, 0.15) is 5.60 Å². The Hall–Kier alpha value is -3.82. The molecule has 0 spiro atoms. The molecule has 0 N–H and O–H groups in total. The predicted octanol–water partition coefficient (Wildman–Crippen LogP) is 3.64. The average molecular weight is 553 g/mol. The molecule has 0 saturated carbocycles. The summed E-state index contributed by atoms with van der Waals surface area (Å²) in [5.74, 6) is 0.181. The maximum atomic E-state index is 14.1. The third kappa shape index (κ3) is 6.48. The average Bonchev–Trinajstić information content (AvgIpc) is 3.48. The van der Waals surface area contributed by atoms with Crippen LogP contribution in [0.2, 0.25) is 0 Å². The lowest BCUT2D eigenvalue weighted by Gasteiger charge is -2.32. The Bertz CT molecular complexity index is 1400. The Balaban J connectivity index is 1.69. The fraction of sp³-hybridized carbons (Fsp3) is 0.533. The summed E-state index contributed by atoms with van der Waals surface area (Å²) < 4.78 is 23.0. The molecule has 0 radical (unpaired) electrons. The Morgan fingerprint density at radius 3 is 2.55 bits per heavy atom. The molecule has 4 rings (SSSR count). The Labute approximate surface area is 235 Å². The number of hydrogen-bond acceptors (Lipinski definition) is 8. The second-order valence-corrected chi connectivity index (χ2v) is 11.5. The highest BCUT2D eigenvalue weighted by molar-refractivity contribution is 5.95. The molecule has 40 heavy (non-hydrogen) atoms. The van der Waals surface area contributed by atoms with Gasteiger partial charge in [-0.1, -0.05) is 12.2 Å². The van der Waals surface area contributed by atoms with Gasteiger partial charge in [0.25, 0.3) is 5.91 Å². The lowest BCUT2D eigenvalue weighted by atomic mass is 10.1. The molecule has 10 nitrogen and oxygen atoms in total. The first-order valence-electron chi connectivity index (χ1n) is 13.7. The van der Waals surface area contributed by atoms with Gasteiger partial charge in [-0.15, -0.1) is 0 Å². The topological polar surface area (TPSA) is 103 Å². The van der Waals surface area contributed by atoms with Gasteiger partial charge in [-0.3, -0.25) is 4.79 Å². The van der Waals surface area contributed by atoms with Crippen molar-refractivity contribution in [3.63, 3.8) is 0 Å². The van der Waals surface area contributed by atoms with Crippen LogP contribution in [0.25, 0.3) is 12.2 Å². The molecule has 3 heterocycles. The molecular weight excluding hydrogens is 512 g/mol. The predicted molar refractivity (Wildman–Crippen MR) is 151 cm³/mol. The van der Waals surface area contributed by atoms with Crippen molar-refractivity contribution in [1.29, 1.82) is 0 Å². The first-order valence-corrected chi connectivity index (χ1v) is 13.7. The number of rotatable bonds is 6. The van der Waals surface area contributed by atoms with E-state index in [0.29, 0.717) is 41.6 Å². The van der Waals surface area contributed by atoms with Crippen molar-refractivity contribution >= 4 is 24.2 Å². The normalized spacial score (nSPS) is 18.7. The minimum atomic E-state index is -0.880. The van der Waals surface area contributed by atoms with Gasteiger partial charge in [0.2, 0.25) is 11.5 Å². The third-order valence-electron chi connectivity index (χ3n) is 6.76. The van der Waals surface area contributed by atoms with Crippen LogP contribution in [0.5, 0.6) is 17.2 Å². The number of aromatic nitrogens is 2. The molecule has 1 atom stereocenters. The van der Waals surface area contributed by atoms with E-state index in [1.807, 2.05) is 52.8 Å². The lowest BCUT2D eigenvalue weighted by Crippen LogP contribution is -2.46. The van der Waals surface area contributed by atoms with Crippen LogP contribution in [0, 0.1) is 0 Å². The smallest absolute Gasteiger partial charge is 0.410 e. The summed E-state index contributed by atoms with van der Waals surface area (Å²) in [4.78, 5) is 30.6. The molecule has 1 aromatic carbocycles. The minimum Gasteiger partial charge on any atom is -0.493 e. The van der Waals surface area contributed by atoms with E-state index >= 15 is 0 Å². The van der Waals surface area contributed by atoms with E-state index in [2.05, 4.69) is 10.2 Å². The number of amides is 2. The monoisotopic (exact) mass is 552 g/mol. The van der Waals surface area contributed by atoms with Gasteiger partial charge < -0.3 is 28.7 Å². The standard InChI is InChI=1S/C30H40N4O6/c1-9-19-14-21(31-32-23(19)10-2)17-33(18-22-12-11-13-34(22)28(36)40-29(3,4)5)27(35)20-15-24(37-8)26-25(16-20)38-30(6,7)39-26/h9-10,14-16,22H,11-13,17-18H2,1-8H3/b19-9-,23-10+/t22-/m0/s1. The third-order valence-corrected chi connectivity index (χ3v) is 6.76. The first kappa shape index (κ1) is 29.2. The highest BCUT2D eigenvalue weighted by Crippen LogP contribution is 2.46. The van der Waals surface area contributed by atoms with Gasteiger partial charge in [0.15, 0.2) is 11.5 Å². The fourth-order valence-electron chi connectivity index (χ4n) is 4.99. The van der Waals surface area contributed by atoms with Crippen molar-refractivity contribution in [2.45, 2.75) is 85.3 Å². The summed E-state index contributed by atoms with van der Waals surface area (Å²) >= 11 is 0. The summed E-state index contributed by atoms with van der Waals surface area (Å²) in [5, 5.41) is 10.4. The van der Waals surface area contributed by atoms with Crippen molar-refractivity contribution < 1.29 is 28.5 Å². The molecule has 216 valence electrons. The number of carbonyl (C=O) groups is 2. The second-order valence-electron chi connectivity index (χ2n) is 11.5. The number of likely N-dealkylation sites (tertiary alicyclic amines) is 1. The number of nitrogens with zero attached hydrogens (tertiary/aromatic N) is 4. The zero-order valence-corrected chi connectivity index (χ0v) is 24.7. The van der Waals surface area contributed by atoms with E-state index in [4.69, 9.17) is 18.9 Å². The van der Waals surface area contributed by atoms with Crippen LogP contribution >= 0.6 is 0 Å². The van der Waals surface area contributed by atoms with E-state index < -0.39 is 11.4 Å². The second kappa shape index (κ2) is 11.3. The van der Waals surface area contributed by atoms with Crippen LogP contribution < -0.4 is 24.8 Å². The van der Waals surface area contributed by atoms with Crippen LogP contribution in [-0.2, 0) is 11.3 Å². The van der Waals surface area contributed by atoms with Gasteiger partial charge in [0, 0.05) is 32.5 Å². The minimum absolute atomic E-state index is 0.206. The molecule has 10 heteroatoms. The highest BCUT2D eigenvalue weighted by atomic mass is 16.7. The van der Waals surface area contributed by atoms with Crippen LogP contribution in [0.15, 0.2) is 18.2 Å². The Kier molecular flexibility index (Phi) is 8.28. The molecule has 2 amide bonds. The van der Waals surface area contributed by atoms with Crippen LogP contribution in [0.1, 0.15) is 77.4 Å². The van der Waals surface area contributed by atoms with Gasteiger partial charge in [0.05, 0.1) is 30.7 Å².